The number of aromatic nitrogens is 1. The van der Waals surface area contributed by atoms with E-state index in [1.165, 1.54) is 0 Å². The number of rotatable bonds is 3. The van der Waals surface area contributed by atoms with Gasteiger partial charge in [-0.25, -0.2) is 8.42 Å². The van der Waals surface area contributed by atoms with Crippen LogP contribution in [0.2, 0.25) is 0 Å². The molecule has 3 nitrogen and oxygen atoms in total. The molecule has 23 heavy (non-hydrogen) atoms. The summed E-state index contributed by atoms with van der Waals surface area (Å²) in [6.45, 7) is 0. The lowest BCUT2D eigenvalue weighted by molar-refractivity contribution is 0.597. The lowest BCUT2D eigenvalue weighted by Gasteiger charge is -2.06. The summed E-state index contributed by atoms with van der Waals surface area (Å²) in [6, 6.07) is 18.0. The maximum absolute atomic E-state index is 13.2. The van der Waals surface area contributed by atoms with Crippen LogP contribution in [0, 0.1) is 0 Å². The number of hydrogen-bond acceptors (Lipinski definition) is 3. The second kappa shape index (κ2) is 5.37. The van der Waals surface area contributed by atoms with E-state index in [0.717, 1.165) is 16.5 Å². The van der Waals surface area contributed by atoms with Crippen LogP contribution in [0.4, 0.5) is 0 Å². The first kappa shape index (κ1) is 14.2. The topological polar surface area (TPSA) is 49.9 Å². The number of fused-ring (bicyclic) bond motifs is 1. The Hall–Kier alpha value is -2.37. The Bertz CT molecular complexity index is 1060. The highest BCUT2D eigenvalue weighted by Gasteiger charge is 2.26. The van der Waals surface area contributed by atoms with Crippen LogP contribution in [-0.2, 0) is 9.84 Å². The van der Waals surface area contributed by atoms with Gasteiger partial charge in [0.05, 0.1) is 10.6 Å². The summed E-state index contributed by atoms with van der Waals surface area (Å²) in [5.74, 6) is 0. The number of aromatic amines is 1. The SMILES string of the molecule is O=S(=O)(c1ccccc1)c1c(-c2ccsc2)[nH]c2ccccc12. The fraction of sp³-hybridized carbons (Fsp3) is 0. The normalized spacial score (nSPS) is 11.8. The number of para-hydroxylation sites is 1. The zero-order valence-electron chi connectivity index (χ0n) is 12.1. The molecule has 0 spiro atoms. The van der Waals surface area contributed by atoms with E-state index in [2.05, 4.69) is 4.98 Å². The number of H-pyrrole nitrogens is 1. The first-order valence-electron chi connectivity index (χ1n) is 7.11. The van der Waals surface area contributed by atoms with Crippen LogP contribution >= 0.6 is 11.3 Å². The summed E-state index contributed by atoms with van der Waals surface area (Å²) < 4.78 is 26.4. The Morgan fingerprint density at radius 2 is 1.61 bits per heavy atom. The average molecular weight is 339 g/mol. The van der Waals surface area contributed by atoms with E-state index < -0.39 is 9.84 Å². The van der Waals surface area contributed by atoms with Gasteiger partial charge in [-0.15, -0.1) is 0 Å². The maximum Gasteiger partial charge on any atom is 0.209 e. The summed E-state index contributed by atoms with van der Waals surface area (Å²) in [6.07, 6.45) is 0. The molecule has 0 aliphatic rings. The first-order valence-corrected chi connectivity index (χ1v) is 9.54. The van der Waals surface area contributed by atoms with Crippen molar-refractivity contribution in [2.24, 2.45) is 0 Å². The van der Waals surface area contributed by atoms with E-state index >= 15 is 0 Å². The first-order chi connectivity index (χ1) is 11.2. The predicted octanol–water partition coefficient (Wildman–Crippen LogP) is 4.73. The van der Waals surface area contributed by atoms with Crippen molar-refractivity contribution in [2.45, 2.75) is 9.79 Å². The molecule has 2 aromatic carbocycles. The van der Waals surface area contributed by atoms with E-state index in [9.17, 15) is 8.42 Å². The van der Waals surface area contributed by atoms with E-state index in [-0.39, 0.29) is 0 Å². The summed E-state index contributed by atoms with van der Waals surface area (Å²) in [7, 11) is -3.61. The average Bonchev–Trinajstić information content (AvgIpc) is 3.23. The molecular weight excluding hydrogens is 326 g/mol. The van der Waals surface area contributed by atoms with Gasteiger partial charge < -0.3 is 4.98 Å². The lowest BCUT2D eigenvalue weighted by Crippen LogP contribution is -2.02. The third kappa shape index (κ3) is 2.29. The van der Waals surface area contributed by atoms with Crippen LogP contribution in [-0.4, -0.2) is 13.4 Å². The Labute approximate surface area is 138 Å². The van der Waals surface area contributed by atoms with Gasteiger partial charge in [-0.05, 0) is 29.6 Å². The molecule has 0 saturated carbocycles. The monoisotopic (exact) mass is 339 g/mol. The Morgan fingerprint density at radius 3 is 2.35 bits per heavy atom. The van der Waals surface area contributed by atoms with Crippen molar-refractivity contribution in [3.63, 3.8) is 0 Å². The smallest absolute Gasteiger partial charge is 0.209 e. The standard InChI is InChI=1S/C18H13NO2S2/c20-23(21,14-6-2-1-3-7-14)18-15-8-4-5-9-16(15)19-17(18)13-10-11-22-12-13/h1-12,19H. The van der Waals surface area contributed by atoms with Gasteiger partial charge in [-0.3, -0.25) is 0 Å². The summed E-state index contributed by atoms with van der Waals surface area (Å²) in [5, 5.41) is 4.62. The molecule has 4 rings (SSSR count). The number of sulfone groups is 1. The highest BCUT2D eigenvalue weighted by atomic mass is 32.2. The molecule has 0 unspecified atom stereocenters. The van der Waals surface area contributed by atoms with Crippen molar-refractivity contribution in [3.05, 3.63) is 71.4 Å². The number of benzene rings is 2. The van der Waals surface area contributed by atoms with Gasteiger partial charge >= 0.3 is 0 Å². The molecule has 0 aliphatic heterocycles. The molecule has 5 heteroatoms. The van der Waals surface area contributed by atoms with Crippen LogP contribution in [0.1, 0.15) is 0 Å². The molecule has 1 N–H and O–H groups in total. The fourth-order valence-corrected chi connectivity index (χ4v) is 5.03. The zero-order valence-corrected chi connectivity index (χ0v) is 13.7. The highest BCUT2D eigenvalue weighted by molar-refractivity contribution is 7.91. The Morgan fingerprint density at radius 1 is 0.870 bits per heavy atom. The molecule has 0 atom stereocenters. The largest absolute Gasteiger partial charge is 0.353 e. The molecule has 0 radical (unpaired) electrons. The summed E-state index contributed by atoms with van der Waals surface area (Å²) in [4.78, 5) is 3.92. The van der Waals surface area contributed by atoms with Crippen molar-refractivity contribution in [2.75, 3.05) is 0 Å². The van der Waals surface area contributed by atoms with Gasteiger partial charge in [0, 0.05) is 21.8 Å². The van der Waals surface area contributed by atoms with Crippen LogP contribution in [0.3, 0.4) is 0 Å². The maximum atomic E-state index is 13.2. The van der Waals surface area contributed by atoms with E-state index in [1.54, 1.807) is 35.6 Å². The van der Waals surface area contributed by atoms with E-state index in [1.807, 2.05) is 47.2 Å². The molecule has 2 heterocycles. The molecular formula is C18H13NO2S2. The molecule has 0 fully saturated rings. The second-order valence-corrected chi connectivity index (χ2v) is 7.87. The van der Waals surface area contributed by atoms with Crippen molar-refractivity contribution in [1.82, 2.24) is 4.98 Å². The number of hydrogen-bond donors (Lipinski definition) is 1. The highest BCUT2D eigenvalue weighted by Crippen LogP contribution is 2.37. The van der Waals surface area contributed by atoms with Crippen molar-refractivity contribution < 1.29 is 8.42 Å². The molecule has 0 bridgehead atoms. The molecule has 0 amide bonds. The van der Waals surface area contributed by atoms with Gasteiger partial charge in [-0.1, -0.05) is 36.4 Å². The van der Waals surface area contributed by atoms with E-state index in [4.69, 9.17) is 0 Å². The number of thiophene rings is 1. The summed E-state index contributed by atoms with van der Waals surface area (Å²) in [5.41, 5.74) is 2.36. The minimum absolute atomic E-state index is 0.307. The van der Waals surface area contributed by atoms with Gasteiger partial charge in [0.1, 0.15) is 4.90 Å². The second-order valence-electron chi connectivity index (χ2n) is 5.20. The lowest BCUT2D eigenvalue weighted by atomic mass is 10.2. The third-order valence-electron chi connectivity index (χ3n) is 3.79. The van der Waals surface area contributed by atoms with Crippen LogP contribution in [0.15, 0.2) is 81.2 Å². The quantitative estimate of drug-likeness (QED) is 0.586. The van der Waals surface area contributed by atoms with Crippen LogP contribution in [0.25, 0.3) is 22.2 Å². The summed E-state index contributed by atoms with van der Waals surface area (Å²) >= 11 is 1.54. The van der Waals surface area contributed by atoms with Gasteiger partial charge in [0.25, 0.3) is 0 Å². The minimum atomic E-state index is -3.61. The van der Waals surface area contributed by atoms with Gasteiger partial charge in [0.15, 0.2) is 0 Å². The van der Waals surface area contributed by atoms with Gasteiger partial charge in [-0.2, -0.15) is 11.3 Å². The molecule has 2 aromatic heterocycles. The van der Waals surface area contributed by atoms with Crippen LogP contribution < -0.4 is 0 Å². The number of nitrogens with one attached hydrogen (secondary N) is 1. The van der Waals surface area contributed by atoms with Crippen LogP contribution in [0.5, 0.6) is 0 Å². The Balaban J connectivity index is 2.08. The van der Waals surface area contributed by atoms with Crippen molar-refractivity contribution >= 4 is 32.1 Å². The third-order valence-corrected chi connectivity index (χ3v) is 6.33. The molecule has 114 valence electrons. The van der Waals surface area contributed by atoms with Gasteiger partial charge in [0.2, 0.25) is 9.84 Å². The molecule has 0 saturated heterocycles. The predicted molar refractivity (Wildman–Crippen MR) is 93.5 cm³/mol. The van der Waals surface area contributed by atoms with E-state index in [0.29, 0.717) is 15.5 Å². The minimum Gasteiger partial charge on any atom is -0.353 e. The zero-order chi connectivity index (χ0) is 15.9. The van der Waals surface area contributed by atoms with Crippen molar-refractivity contribution in [1.29, 1.82) is 0 Å². The Kier molecular flexibility index (Phi) is 3.32. The fourth-order valence-electron chi connectivity index (χ4n) is 2.72. The van der Waals surface area contributed by atoms with Crippen molar-refractivity contribution in [3.8, 4) is 11.3 Å². The molecule has 0 aliphatic carbocycles. The molecule has 4 aromatic rings.